The summed E-state index contributed by atoms with van der Waals surface area (Å²) in [7, 11) is 0. The normalized spacial score (nSPS) is 10.1. The van der Waals surface area contributed by atoms with Crippen molar-refractivity contribution >= 4 is 29.1 Å². The van der Waals surface area contributed by atoms with E-state index < -0.39 is 0 Å². The summed E-state index contributed by atoms with van der Waals surface area (Å²) in [5, 5.41) is 0.585. The number of ketones is 1. The maximum absolute atomic E-state index is 11.5. The third-order valence-electron chi connectivity index (χ3n) is 1.77. The van der Waals surface area contributed by atoms with Crippen molar-refractivity contribution < 1.29 is 4.79 Å². The van der Waals surface area contributed by atoms with Crippen LogP contribution in [-0.4, -0.2) is 17.8 Å². The minimum atomic E-state index is 0.0983. The first-order chi connectivity index (χ1) is 6.16. The number of rotatable bonds is 3. The molecule has 1 rings (SSSR count). The fraction of sp³-hybridized carbons (Fsp3) is 0.300. The Morgan fingerprint density at radius 1 is 1.54 bits per heavy atom. The highest BCUT2D eigenvalue weighted by molar-refractivity contribution is 7.99. The van der Waals surface area contributed by atoms with Crippen LogP contribution in [0.3, 0.4) is 0 Å². The summed E-state index contributed by atoms with van der Waals surface area (Å²) < 4.78 is 0. The summed E-state index contributed by atoms with van der Waals surface area (Å²) in [4.78, 5) is 11.5. The van der Waals surface area contributed by atoms with Gasteiger partial charge in [0.25, 0.3) is 0 Å². The molecule has 0 radical (unpaired) electrons. The van der Waals surface area contributed by atoms with Crippen molar-refractivity contribution in [3.63, 3.8) is 0 Å². The van der Waals surface area contributed by atoms with Gasteiger partial charge in [-0.1, -0.05) is 23.7 Å². The first-order valence-corrected chi connectivity index (χ1v) is 5.71. The zero-order valence-electron chi connectivity index (χ0n) is 7.63. The number of halogens is 1. The van der Waals surface area contributed by atoms with Crippen LogP contribution in [0.25, 0.3) is 0 Å². The van der Waals surface area contributed by atoms with Crippen LogP contribution in [0.4, 0.5) is 0 Å². The molecule has 0 aliphatic rings. The highest BCUT2D eigenvalue weighted by Crippen LogP contribution is 2.21. The van der Waals surface area contributed by atoms with Crippen molar-refractivity contribution in [2.45, 2.75) is 6.92 Å². The summed E-state index contributed by atoms with van der Waals surface area (Å²) in [5.74, 6) is 0.588. The number of thioether (sulfide) groups is 1. The van der Waals surface area contributed by atoms with Gasteiger partial charge in [-0.05, 0) is 24.8 Å². The SMILES string of the molecule is CSCC(=O)c1cccc(C)c1Cl. The van der Waals surface area contributed by atoms with E-state index in [1.807, 2.05) is 25.3 Å². The van der Waals surface area contributed by atoms with Crippen LogP contribution in [0, 0.1) is 6.92 Å². The van der Waals surface area contributed by atoms with Crippen LogP contribution in [0.1, 0.15) is 15.9 Å². The number of benzene rings is 1. The molecule has 13 heavy (non-hydrogen) atoms. The monoisotopic (exact) mass is 214 g/mol. The quantitative estimate of drug-likeness (QED) is 0.719. The second kappa shape index (κ2) is 4.68. The second-order valence-corrected chi connectivity index (χ2v) is 4.04. The van der Waals surface area contributed by atoms with Crippen LogP contribution >= 0.6 is 23.4 Å². The molecule has 0 atom stereocenters. The van der Waals surface area contributed by atoms with Crippen LogP contribution in [-0.2, 0) is 0 Å². The fourth-order valence-corrected chi connectivity index (χ4v) is 1.72. The molecule has 3 heteroatoms. The van der Waals surface area contributed by atoms with E-state index in [-0.39, 0.29) is 5.78 Å². The standard InChI is InChI=1S/C10H11ClOS/c1-7-4-3-5-8(10(7)11)9(12)6-13-2/h3-5H,6H2,1-2H3. The molecule has 0 aliphatic carbocycles. The number of hydrogen-bond acceptors (Lipinski definition) is 2. The Bertz CT molecular complexity index is 323. The maximum Gasteiger partial charge on any atom is 0.174 e. The summed E-state index contributed by atoms with van der Waals surface area (Å²) in [6, 6.07) is 5.53. The molecule has 0 amide bonds. The van der Waals surface area contributed by atoms with E-state index >= 15 is 0 Å². The molecule has 0 aliphatic heterocycles. The van der Waals surface area contributed by atoms with E-state index in [1.165, 1.54) is 11.8 Å². The lowest BCUT2D eigenvalue weighted by atomic mass is 10.1. The maximum atomic E-state index is 11.5. The van der Waals surface area contributed by atoms with Gasteiger partial charge in [-0.2, -0.15) is 11.8 Å². The molecule has 0 aromatic heterocycles. The number of aryl methyl sites for hydroxylation is 1. The molecule has 0 saturated carbocycles. The van der Waals surface area contributed by atoms with Gasteiger partial charge in [0.2, 0.25) is 0 Å². The summed E-state index contributed by atoms with van der Waals surface area (Å²) in [6.07, 6.45) is 1.90. The molecule has 0 heterocycles. The number of Topliss-reactive ketones (excluding diaryl/α,β-unsaturated/α-hetero) is 1. The van der Waals surface area contributed by atoms with Crippen molar-refractivity contribution in [2.24, 2.45) is 0 Å². The van der Waals surface area contributed by atoms with E-state index in [2.05, 4.69) is 0 Å². The average molecular weight is 215 g/mol. The first-order valence-electron chi connectivity index (χ1n) is 3.94. The highest BCUT2D eigenvalue weighted by Gasteiger charge is 2.10. The molecular formula is C10H11ClOS. The molecule has 0 N–H and O–H groups in total. The van der Waals surface area contributed by atoms with Gasteiger partial charge in [0.1, 0.15) is 0 Å². The molecule has 0 bridgehead atoms. The molecule has 1 aromatic rings. The van der Waals surface area contributed by atoms with Crippen molar-refractivity contribution in [2.75, 3.05) is 12.0 Å². The van der Waals surface area contributed by atoms with E-state index in [1.54, 1.807) is 6.07 Å². The molecule has 0 saturated heterocycles. The summed E-state index contributed by atoms with van der Waals surface area (Å²) in [6.45, 7) is 1.90. The summed E-state index contributed by atoms with van der Waals surface area (Å²) in [5.41, 5.74) is 1.59. The minimum Gasteiger partial charge on any atom is -0.293 e. The Morgan fingerprint density at radius 2 is 2.23 bits per heavy atom. The predicted octanol–water partition coefficient (Wildman–Crippen LogP) is 3.19. The van der Waals surface area contributed by atoms with E-state index in [0.717, 1.165) is 5.56 Å². The molecule has 1 aromatic carbocycles. The minimum absolute atomic E-state index is 0.0983. The largest absolute Gasteiger partial charge is 0.293 e. The van der Waals surface area contributed by atoms with E-state index in [4.69, 9.17) is 11.6 Å². The molecule has 70 valence electrons. The topological polar surface area (TPSA) is 17.1 Å². The lowest BCUT2D eigenvalue weighted by molar-refractivity contribution is 0.102. The lowest BCUT2D eigenvalue weighted by Crippen LogP contribution is -2.03. The fourth-order valence-electron chi connectivity index (χ4n) is 1.07. The van der Waals surface area contributed by atoms with Gasteiger partial charge < -0.3 is 0 Å². The van der Waals surface area contributed by atoms with Crippen LogP contribution < -0.4 is 0 Å². The lowest BCUT2D eigenvalue weighted by Gasteiger charge is -2.04. The van der Waals surface area contributed by atoms with Crippen molar-refractivity contribution in [1.82, 2.24) is 0 Å². The Labute approximate surface area is 87.5 Å². The third kappa shape index (κ3) is 2.48. The Balaban J connectivity index is 3.01. The number of carbonyl (C=O) groups is 1. The first kappa shape index (κ1) is 10.6. The van der Waals surface area contributed by atoms with Gasteiger partial charge in [-0.3, -0.25) is 4.79 Å². The Morgan fingerprint density at radius 3 is 2.85 bits per heavy atom. The van der Waals surface area contributed by atoms with Gasteiger partial charge in [0, 0.05) is 5.56 Å². The third-order valence-corrected chi connectivity index (χ3v) is 2.82. The predicted molar refractivity (Wildman–Crippen MR) is 58.9 cm³/mol. The van der Waals surface area contributed by atoms with Crippen molar-refractivity contribution in [1.29, 1.82) is 0 Å². The van der Waals surface area contributed by atoms with Crippen LogP contribution in [0.15, 0.2) is 18.2 Å². The van der Waals surface area contributed by atoms with E-state index in [9.17, 15) is 4.79 Å². The molecule has 0 unspecified atom stereocenters. The Hall–Kier alpha value is -0.470. The van der Waals surface area contributed by atoms with Gasteiger partial charge in [0.05, 0.1) is 10.8 Å². The van der Waals surface area contributed by atoms with E-state index in [0.29, 0.717) is 16.3 Å². The number of hydrogen-bond donors (Lipinski definition) is 0. The van der Waals surface area contributed by atoms with Crippen LogP contribution in [0.2, 0.25) is 5.02 Å². The van der Waals surface area contributed by atoms with Gasteiger partial charge >= 0.3 is 0 Å². The zero-order chi connectivity index (χ0) is 9.84. The smallest absolute Gasteiger partial charge is 0.174 e. The van der Waals surface area contributed by atoms with Gasteiger partial charge in [-0.15, -0.1) is 0 Å². The second-order valence-electron chi connectivity index (χ2n) is 2.79. The Kier molecular flexibility index (Phi) is 3.82. The highest BCUT2D eigenvalue weighted by atomic mass is 35.5. The molecule has 1 nitrogen and oxygen atoms in total. The zero-order valence-corrected chi connectivity index (χ0v) is 9.21. The van der Waals surface area contributed by atoms with Gasteiger partial charge in [0.15, 0.2) is 5.78 Å². The van der Waals surface area contributed by atoms with Gasteiger partial charge in [-0.25, -0.2) is 0 Å². The average Bonchev–Trinajstić information content (AvgIpc) is 2.10. The summed E-state index contributed by atoms with van der Waals surface area (Å²) >= 11 is 7.50. The van der Waals surface area contributed by atoms with Crippen LogP contribution in [0.5, 0.6) is 0 Å². The molecular weight excluding hydrogens is 204 g/mol. The molecule has 0 spiro atoms. The van der Waals surface area contributed by atoms with Crippen molar-refractivity contribution in [3.05, 3.63) is 34.3 Å². The molecule has 0 fully saturated rings. The number of carbonyl (C=O) groups excluding carboxylic acids is 1. The van der Waals surface area contributed by atoms with Crippen molar-refractivity contribution in [3.8, 4) is 0 Å².